The van der Waals surface area contributed by atoms with E-state index in [-0.39, 0.29) is 5.91 Å². The largest absolute Gasteiger partial charge is 0.324 e. The number of benzene rings is 2. The molecule has 0 atom stereocenters. The van der Waals surface area contributed by atoms with Crippen LogP contribution in [0.1, 0.15) is 48.0 Å². The van der Waals surface area contributed by atoms with Crippen LogP contribution in [0.3, 0.4) is 0 Å². The molecule has 1 heterocycles. The van der Waals surface area contributed by atoms with Gasteiger partial charge in [0.1, 0.15) is 0 Å². The Morgan fingerprint density at radius 2 is 1.85 bits per heavy atom. The fourth-order valence-electron chi connectivity index (χ4n) is 3.90. The highest BCUT2D eigenvalue weighted by molar-refractivity contribution is 6.08. The van der Waals surface area contributed by atoms with Crippen LogP contribution in [0.2, 0.25) is 0 Å². The molecule has 0 unspecified atom stereocenters. The second-order valence-electron chi connectivity index (χ2n) is 7.40. The monoisotopic (exact) mass is 362 g/mol. The summed E-state index contributed by atoms with van der Waals surface area (Å²) >= 11 is 0. The second-order valence-corrected chi connectivity index (χ2v) is 7.40. The van der Waals surface area contributed by atoms with Crippen LogP contribution in [0, 0.1) is 6.92 Å². The third-order valence-electron chi connectivity index (χ3n) is 5.37. The van der Waals surface area contributed by atoms with Gasteiger partial charge in [0.15, 0.2) is 0 Å². The topological polar surface area (TPSA) is 41.6 Å². The molecule has 0 radical (unpaired) electrons. The van der Waals surface area contributed by atoms with Crippen molar-refractivity contribution in [3.63, 3.8) is 0 Å². The van der Waals surface area contributed by atoms with Crippen LogP contribution in [-0.2, 0) is 4.84 Å². The number of carbonyl (C=O) groups excluding carboxylic acids is 1. The quantitative estimate of drug-likeness (QED) is 0.845. The summed E-state index contributed by atoms with van der Waals surface area (Å²) in [6.07, 6.45) is 12.1. The first-order valence-electron chi connectivity index (χ1n) is 9.81. The molecule has 1 aliphatic carbocycles. The van der Waals surface area contributed by atoms with E-state index < -0.39 is 0 Å². The zero-order valence-electron chi connectivity index (χ0n) is 15.8. The highest BCUT2D eigenvalue weighted by Gasteiger charge is 2.19. The molecule has 1 amide bonds. The minimum atomic E-state index is -0.0784. The van der Waals surface area contributed by atoms with Gasteiger partial charge in [-0.3, -0.25) is 14.7 Å². The van der Waals surface area contributed by atoms with Crippen LogP contribution >= 0.6 is 0 Å². The lowest BCUT2D eigenvalue weighted by Gasteiger charge is -2.30. The zero-order chi connectivity index (χ0) is 18.6. The number of nitrogens with zero attached hydrogens (tertiary/aromatic N) is 1. The minimum Gasteiger partial charge on any atom is -0.324 e. The Labute approximate surface area is 160 Å². The third-order valence-corrected chi connectivity index (χ3v) is 5.37. The van der Waals surface area contributed by atoms with Crippen molar-refractivity contribution in [1.82, 2.24) is 10.4 Å². The molecule has 4 heteroatoms. The molecule has 4 nitrogen and oxygen atoms in total. The van der Waals surface area contributed by atoms with E-state index in [2.05, 4.69) is 18.3 Å². The SMILES string of the molecule is Cc1ccc(C(=O)NC2=CC=CN(OC3CCCCC3)C2)c2ccccc12. The zero-order valence-corrected chi connectivity index (χ0v) is 15.8. The van der Waals surface area contributed by atoms with E-state index in [1.807, 2.05) is 53.7 Å². The van der Waals surface area contributed by atoms with Gasteiger partial charge in [-0.05, 0) is 54.3 Å². The molecule has 2 aliphatic rings. The van der Waals surface area contributed by atoms with Crippen LogP contribution in [-0.4, -0.2) is 23.6 Å². The lowest BCUT2D eigenvalue weighted by atomic mass is 9.98. The molecule has 4 rings (SSSR count). The van der Waals surface area contributed by atoms with Crippen LogP contribution in [0.5, 0.6) is 0 Å². The highest BCUT2D eigenvalue weighted by Crippen LogP contribution is 2.24. The summed E-state index contributed by atoms with van der Waals surface area (Å²) in [5, 5.41) is 7.01. The smallest absolute Gasteiger partial charge is 0.256 e. The van der Waals surface area contributed by atoms with Gasteiger partial charge >= 0.3 is 0 Å². The van der Waals surface area contributed by atoms with Gasteiger partial charge in [-0.2, -0.15) is 0 Å². The second kappa shape index (κ2) is 7.97. The molecule has 0 spiro atoms. The Balaban J connectivity index is 1.45. The molecule has 2 aromatic carbocycles. The molecule has 1 N–H and O–H groups in total. The summed E-state index contributed by atoms with van der Waals surface area (Å²) < 4.78 is 0. The van der Waals surface area contributed by atoms with Gasteiger partial charge in [0.05, 0.1) is 12.6 Å². The van der Waals surface area contributed by atoms with Gasteiger partial charge in [0.2, 0.25) is 0 Å². The Morgan fingerprint density at radius 1 is 1.07 bits per heavy atom. The van der Waals surface area contributed by atoms with Gasteiger partial charge in [0.25, 0.3) is 5.91 Å². The van der Waals surface area contributed by atoms with Crippen molar-refractivity contribution in [2.45, 2.75) is 45.1 Å². The lowest BCUT2D eigenvalue weighted by Crippen LogP contribution is -2.35. The van der Waals surface area contributed by atoms with Crippen molar-refractivity contribution in [2.24, 2.45) is 0 Å². The Hall–Kier alpha value is -2.59. The number of hydroxylamine groups is 2. The van der Waals surface area contributed by atoms with E-state index in [1.165, 1.54) is 24.8 Å². The average molecular weight is 362 g/mol. The fraction of sp³-hybridized carbons (Fsp3) is 0.348. The summed E-state index contributed by atoms with van der Waals surface area (Å²) in [4.78, 5) is 19.0. The van der Waals surface area contributed by atoms with E-state index in [0.29, 0.717) is 18.2 Å². The molecule has 0 saturated heterocycles. The number of nitrogens with one attached hydrogen (secondary N) is 1. The van der Waals surface area contributed by atoms with Gasteiger partial charge in [-0.25, -0.2) is 0 Å². The van der Waals surface area contributed by atoms with Crippen molar-refractivity contribution < 1.29 is 9.63 Å². The predicted molar refractivity (Wildman–Crippen MR) is 108 cm³/mol. The number of aryl methyl sites for hydroxylation is 1. The van der Waals surface area contributed by atoms with Crippen LogP contribution in [0.15, 0.2) is 60.4 Å². The van der Waals surface area contributed by atoms with E-state index in [0.717, 1.165) is 29.3 Å². The molecule has 0 bridgehead atoms. The Morgan fingerprint density at radius 3 is 2.67 bits per heavy atom. The Bertz CT molecular complexity index is 894. The maximum atomic E-state index is 12.9. The third kappa shape index (κ3) is 4.06. The van der Waals surface area contributed by atoms with E-state index in [4.69, 9.17) is 4.84 Å². The Kier molecular flexibility index (Phi) is 5.26. The maximum Gasteiger partial charge on any atom is 0.256 e. The average Bonchev–Trinajstić information content (AvgIpc) is 2.69. The summed E-state index contributed by atoms with van der Waals surface area (Å²) in [6, 6.07) is 12.0. The van der Waals surface area contributed by atoms with Crippen molar-refractivity contribution in [3.05, 3.63) is 71.6 Å². The number of amides is 1. The minimum absolute atomic E-state index is 0.0784. The lowest BCUT2D eigenvalue weighted by molar-refractivity contribution is -0.169. The van der Waals surface area contributed by atoms with E-state index >= 15 is 0 Å². The molecule has 140 valence electrons. The van der Waals surface area contributed by atoms with Crippen molar-refractivity contribution >= 4 is 16.7 Å². The summed E-state index contributed by atoms with van der Waals surface area (Å²) in [6.45, 7) is 2.63. The molecule has 2 aromatic rings. The molecular formula is C23H26N2O2. The summed E-state index contributed by atoms with van der Waals surface area (Å²) in [5.41, 5.74) is 2.73. The first kappa shape index (κ1) is 17.8. The van der Waals surface area contributed by atoms with E-state index in [1.54, 1.807) is 0 Å². The van der Waals surface area contributed by atoms with Crippen LogP contribution in [0.4, 0.5) is 0 Å². The van der Waals surface area contributed by atoms with Gasteiger partial charge in [-0.15, -0.1) is 0 Å². The van der Waals surface area contributed by atoms with Gasteiger partial charge in [0, 0.05) is 17.5 Å². The summed E-state index contributed by atoms with van der Waals surface area (Å²) in [7, 11) is 0. The predicted octanol–water partition coefficient (Wildman–Crippen LogP) is 4.86. The van der Waals surface area contributed by atoms with Crippen molar-refractivity contribution in [2.75, 3.05) is 6.54 Å². The van der Waals surface area contributed by atoms with Crippen molar-refractivity contribution in [1.29, 1.82) is 0 Å². The number of carbonyl (C=O) groups is 1. The van der Waals surface area contributed by atoms with Gasteiger partial charge < -0.3 is 5.32 Å². The normalized spacial score (nSPS) is 17.8. The molecule has 1 saturated carbocycles. The summed E-state index contributed by atoms with van der Waals surface area (Å²) in [5.74, 6) is -0.0784. The standard InChI is InChI=1S/C23H26N2O2/c1-17-13-14-22(21-12-6-5-11-20(17)21)23(26)24-18-8-7-15-25(16-18)27-19-9-3-2-4-10-19/h5-8,11-15,19H,2-4,9-10,16H2,1H3,(H,24,26). The number of rotatable bonds is 4. The maximum absolute atomic E-state index is 12.9. The number of hydrogen-bond acceptors (Lipinski definition) is 3. The van der Waals surface area contributed by atoms with Crippen molar-refractivity contribution in [3.8, 4) is 0 Å². The first-order valence-corrected chi connectivity index (χ1v) is 9.81. The molecule has 1 fully saturated rings. The van der Waals surface area contributed by atoms with Gasteiger partial charge in [-0.1, -0.05) is 49.6 Å². The molecule has 1 aliphatic heterocycles. The fourth-order valence-corrected chi connectivity index (χ4v) is 3.90. The van der Waals surface area contributed by atoms with E-state index in [9.17, 15) is 4.79 Å². The molecule has 0 aromatic heterocycles. The number of hydrogen-bond donors (Lipinski definition) is 1. The van der Waals surface area contributed by atoms with Crippen LogP contribution < -0.4 is 5.32 Å². The number of allylic oxidation sites excluding steroid dienone is 2. The van der Waals surface area contributed by atoms with Crippen LogP contribution in [0.25, 0.3) is 10.8 Å². The number of fused-ring (bicyclic) bond motifs is 1. The molecular weight excluding hydrogens is 336 g/mol. The first-order chi connectivity index (χ1) is 13.2. The molecule has 27 heavy (non-hydrogen) atoms. The highest BCUT2D eigenvalue weighted by atomic mass is 16.7.